The van der Waals surface area contributed by atoms with Crippen LogP contribution in [0.15, 0.2) is 33.6 Å². The normalized spacial score (nSPS) is 16.4. The van der Waals surface area contributed by atoms with Gasteiger partial charge in [0.25, 0.3) is 0 Å². The molecule has 0 saturated heterocycles. The Bertz CT molecular complexity index is 500. The number of hydrogen-bond donors (Lipinski definition) is 0. The minimum atomic E-state index is -3.35. The minimum Gasteiger partial charge on any atom is -0.207 e. The maximum Gasteiger partial charge on any atom is 0.243 e. The SMILES string of the molecule is O=S(=O)(c1cccc(Br)c1)N(CCBr)C1CC1. The fraction of sp³-hybridized carbons (Fsp3) is 0.455. The summed E-state index contributed by atoms with van der Waals surface area (Å²) in [4.78, 5) is 0.361. The predicted molar refractivity (Wildman–Crippen MR) is 74.8 cm³/mol. The smallest absolute Gasteiger partial charge is 0.207 e. The van der Waals surface area contributed by atoms with E-state index in [1.165, 1.54) is 0 Å². The first-order valence-electron chi connectivity index (χ1n) is 5.39. The van der Waals surface area contributed by atoms with Crippen LogP contribution in [0, 0.1) is 0 Å². The molecule has 1 saturated carbocycles. The fourth-order valence-corrected chi connectivity index (χ4v) is 4.61. The van der Waals surface area contributed by atoms with Crippen LogP contribution in [-0.2, 0) is 10.0 Å². The van der Waals surface area contributed by atoms with Crippen molar-refractivity contribution in [3.63, 3.8) is 0 Å². The zero-order valence-corrected chi connectivity index (χ0v) is 13.1. The Morgan fingerprint density at radius 3 is 2.59 bits per heavy atom. The molecular weight excluding hydrogens is 370 g/mol. The molecule has 6 heteroatoms. The largest absolute Gasteiger partial charge is 0.243 e. The van der Waals surface area contributed by atoms with E-state index in [1.54, 1.807) is 22.5 Å². The molecule has 1 aromatic carbocycles. The van der Waals surface area contributed by atoms with Crippen LogP contribution in [-0.4, -0.2) is 30.6 Å². The second-order valence-corrected chi connectivity index (χ2v) is 7.59. The van der Waals surface area contributed by atoms with Crippen LogP contribution in [0.2, 0.25) is 0 Å². The summed E-state index contributed by atoms with van der Waals surface area (Å²) in [6, 6.07) is 7.06. The van der Waals surface area contributed by atoms with E-state index in [4.69, 9.17) is 0 Å². The second-order valence-electron chi connectivity index (χ2n) is 3.99. The maximum atomic E-state index is 12.4. The summed E-state index contributed by atoms with van der Waals surface area (Å²) >= 11 is 6.61. The van der Waals surface area contributed by atoms with Gasteiger partial charge in [0.2, 0.25) is 10.0 Å². The third kappa shape index (κ3) is 3.10. The summed E-state index contributed by atoms with van der Waals surface area (Å²) in [7, 11) is -3.35. The summed E-state index contributed by atoms with van der Waals surface area (Å²) in [5, 5.41) is 0.663. The Labute approximate surface area is 119 Å². The first-order chi connectivity index (χ1) is 8.05. The molecule has 1 fully saturated rings. The number of benzene rings is 1. The number of rotatable bonds is 5. The van der Waals surface area contributed by atoms with Gasteiger partial charge in [-0.3, -0.25) is 0 Å². The third-order valence-corrected chi connectivity index (χ3v) is 5.46. The highest BCUT2D eigenvalue weighted by Gasteiger charge is 2.37. The molecule has 0 atom stereocenters. The van der Waals surface area contributed by atoms with Crippen LogP contribution in [0.25, 0.3) is 0 Å². The number of alkyl halides is 1. The van der Waals surface area contributed by atoms with Crippen LogP contribution in [0.1, 0.15) is 12.8 Å². The molecule has 1 aliphatic carbocycles. The highest BCUT2D eigenvalue weighted by molar-refractivity contribution is 9.10. The van der Waals surface area contributed by atoms with Gasteiger partial charge < -0.3 is 0 Å². The van der Waals surface area contributed by atoms with Crippen molar-refractivity contribution in [2.75, 3.05) is 11.9 Å². The molecule has 0 N–H and O–H groups in total. The lowest BCUT2D eigenvalue weighted by atomic mass is 10.4. The van der Waals surface area contributed by atoms with Gasteiger partial charge in [-0.2, -0.15) is 4.31 Å². The van der Waals surface area contributed by atoms with E-state index < -0.39 is 10.0 Å². The summed E-state index contributed by atoms with van der Waals surface area (Å²) in [5.41, 5.74) is 0. The van der Waals surface area contributed by atoms with Crippen LogP contribution in [0.3, 0.4) is 0 Å². The van der Waals surface area contributed by atoms with E-state index in [0.29, 0.717) is 16.8 Å². The number of sulfonamides is 1. The summed E-state index contributed by atoms with van der Waals surface area (Å²) < 4.78 is 27.3. The molecule has 1 aromatic rings. The van der Waals surface area contributed by atoms with Gasteiger partial charge in [-0.25, -0.2) is 8.42 Å². The molecule has 0 spiro atoms. The van der Waals surface area contributed by atoms with Gasteiger partial charge in [0.15, 0.2) is 0 Å². The average Bonchev–Trinajstić information content (AvgIpc) is 3.09. The van der Waals surface area contributed by atoms with Crippen LogP contribution >= 0.6 is 31.9 Å². The number of nitrogens with zero attached hydrogens (tertiary/aromatic N) is 1. The Balaban J connectivity index is 2.33. The molecule has 0 unspecified atom stereocenters. The van der Waals surface area contributed by atoms with Gasteiger partial charge in [0, 0.05) is 22.4 Å². The molecule has 17 heavy (non-hydrogen) atoms. The van der Waals surface area contributed by atoms with Crippen LogP contribution in [0.5, 0.6) is 0 Å². The van der Waals surface area contributed by atoms with Gasteiger partial charge in [-0.05, 0) is 31.0 Å². The lowest BCUT2D eigenvalue weighted by Crippen LogP contribution is -2.34. The van der Waals surface area contributed by atoms with Crippen molar-refractivity contribution in [1.29, 1.82) is 0 Å². The second kappa shape index (κ2) is 5.38. The first-order valence-corrected chi connectivity index (χ1v) is 8.74. The van der Waals surface area contributed by atoms with Crippen molar-refractivity contribution in [3.8, 4) is 0 Å². The first kappa shape index (κ1) is 13.5. The molecular formula is C11H13Br2NO2S. The Morgan fingerprint density at radius 1 is 1.35 bits per heavy atom. The fourth-order valence-electron chi connectivity index (χ4n) is 1.71. The van der Waals surface area contributed by atoms with Crippen molar-refractivity contribution >= 4 is 41.9 Å². The van der Waals surface area contributed by atoms with E-state index in [2.05, 4.69) is 31.9 Å². The van der Waals surface area contributed by atoms with Crippen molar-refractivity contribution in [3.05, 3.63) is 28.7 Å². The summed E-state index contributed by atoms with van der Waals surface area (Å²) in [5.74, 6) is 0. The standard InChI is InChI=1S/C11H13Br2NO2S/c12-6-7-14(10-4-5-10)17(15,16)11-3-1-2-9(13)8-11/h1-3,8,10H,4-7H2. The van der Waals surface area contributed by atoms with E-state index >= 15 is 0 Å². The predicted octanol–water partition coefficient (Wildman–Crippen LogP) is 3.00. The lowest BCUT2D eigenvalue weighted by Gasteiger charge is -2.20. The molecule has 0 heterocycles. The minimum absolute atomic E-state index is 0.191. The monoisotopic (exact) mass is 381 g/mol. The van der Waals surface area contributed by atoms with Gasteiger partial charge in [0.05, 0.1) is 4.90 Å². The molecule has 0 bridgehead atoms. The molecule has 94 valence electrons. The molecule has 3 nitrogen and oxygen atoms in total. The van der Waals surface area contributed by atoms with E-state index in [-0.39, 0.29) is 6.04 Å². The molecule has 0 amide bonds. The van der Waals surface area contributed by atoms with Gasteiger partial charge in [0.1, 0.15) is 0 Å². The molecule has 0 radical (unpaired) electrons. The maximum absolute atomic E-state index is 12.4. The van der Waals surface area contributed by atoms with Crippen LogP contribution < -0.4 is 0 Å². The molecule has 2 rings (SSSR count). The molecule has 1 aliphatic rings. The van der Waals surface area contributed by atoms with E-state index in [1.807, 2.05) is 6.07 Å². The Hall–Kier alpha value is 0.0900. The highest BCUT2D eigenvalue weighted by Crippen LogP contribution is 2.32. The average molecular weight is 383 g/mol. The zero-order valence-electron chi connectivity index (χ0n) is 9.14. The van der Waals surface area contributed by atoms with Crippen molar-refractivity contribution in [2.45, 2.75) is 23.8 Å². The summed E-state index contributed by atoms with van der Waals surface area (Å²) in [6.45, 7) is 0.527. The third-order valence-electron chi connectivity index (χ3n) is 2.66. The lowest BCUT2D eigenvalue weighted by molar-refractivity contribution is 0.424. The van der Waals surface area contributed by atoms with Crippen LogP contribution in [0.4, 0.5) is 0 Å². The Kier molecular flexibility index (Phi) is 4.28. The molecule has 0 aromatic heterocycles. The Morgan fingerprint density at radius 2 is 2.06 bits per heavy atom. The quantitative estimate of drug-likeness (QED) is 0.734. The zero-order chi connectivity index (χ0) is 12.5. The summed E-state index contributed by atoms with van der Waals surface area (Å²) in [6.07, 6.45) is 1.94. The van der Waals surface area contributed by atoms with Gasteiger partial charge in [-0.15, -0.1) is 0 Å². The van der Waals surface area contributed by atoms with E-state index in [0.717, 1.165) is 17.3 Å². The van der Waals surface area contributed by atoms with Crippen molar-refractivity contribution in [1.82, 2.24) is 4.31 Å². The van der Waals surface area contributed by atoms with Crippen molar-refractivity contribution < 1.29 is 8.42 Å². The highest BCUT2D eigenvalue weighted by atomic mass is 79.9. The van der Waals surface area contributed by atoms with Gasteiger partial charge >= 0.3 is 0 Å². The number of hydrogen-bond acceptors (Lipinski definition) is 2. The van der Waals surface area contributed by atoms with Crippen molar-refractivity contribution in [2.24, 2.45) is 0 Å². The number of halogens is 2. The van der Waals surface area contributed by atoms with Gasteiger partial charge in [-0.1, -0.05) is 37.9 Å². The van der Waals surface area contributed by atoms with E-state index in [9.17, 15) is 8.42 Å². The topological polar surface area (TPSA) is 37.4 Å². The molecule has 0 aliphatic heterocycles.